The van der Waals surface area contributed by atoms with Gasteiger partial charge in [-0.15, -0.1) is 0 Å². The molecule has 8 heteroatoms. The maximum atomic E-state index is 12.6. The minimum Gasteiger partial charge on any atom is -0.427 e. The van der Waals surface area contributed by atoms with Gasteiger partial charge >= 0.3 is 11.6 Å². The molecule has 162 valence electrons. The molecule has 2 heterocycles. The van der Waals surface area contributed by atoms with E-state index in [0.29, 0.717) is 39.6 Å². The fourth-order valence-corrected chi connectivity index (χ4v) is 3.78. The van der Waals surface area contributed by atoms with Crippen molar-refractivity contribution in [3.63, 3.8) is 0 Å². The number of amides is 1. The van der Waals surface area contributed by atoms with E-state index >= 15 is 0 Å². The zero-order valence-electron chi connectivity index (χ0n) is 17.6. The standard InChI is InChI=1S/C23H25N3O5/c1-15(27)30-17-4-6-19-18-5-3-16(13-20(18)23(29)31-21(19)14-17)22(28)24-7-8-26-11-9-25(2)10-12-26/h3-6,13-14H,7-12H2,1-2H3,(H,24,28). The lowest BCUT2D eigenvalue weighted by molar-refractivity contribution is -0.131. The van der Waals surface area contributed by atoms with Gasteiger partial charge in [0.2, 0.25) is 0 Å². The monoisotopic (exact) mass is 423 g/mol. The first-order chi connectivity index (χ1) is 14.9. The van der Waals surface area contributed by atoms with Gasteiger partial charge in [0.15, 0.2) is 0 Å². The highest BCUT2D eigenvalue weighted by atomic mass is 16.5. The van der Waals surface area contributed by atoms with Crippen molar-refractivity contribution in [2.75, 3.05) is 46.3 Å². The summed E-state index contributed by atoms with van der Waals surface area (Å²) in [5, 5.41) is 4.64. The number of piperazine rings is 1. The Bertz CT molecular complexity index is 1190. The van der Waals surface area contributed by atoms with Gasteiger partial charge in [0.25, 0.3) is 5.91 Å². The van der Waals surface area contributed by atoms with Crippen LogP contribution in [0.25, 0.3) is 21.7 Å². The summed E-state index contributed by atoms with van der Waals surface area (Å²) in [7, 11) is 2.11. The first-order valence-corrected chi connectivity index (χ1v) is 10.3. The van der Waals surface area contributed by atoms with E-state index in [0.717, 1.165) is 32.7 Å². The van der Waals surface area contributed by atoms with E-state index in [9.17, 15) is 14.4 Å². The number of carbonyl (C=O) groups is 2. The number of hydrogen-bond donors (Lipinski definition) is 1. The van der Waals surface area contributed by atoms with Crippen LogP contribution in [0, 0.1) is 0 Å². The van der Waals surface area contributed by atoms with E-state index in [2.05, 4.69) is 22.2 Å². The smallest absolute Gasteiger partial charge is 0.344 e. The average Bonchev–Trinajstić information content (AvgIpc) is 2.74. The molecule has 0 spiro atoms. The predicted octanol–water partition coefficient (Wildman–Crippen LogP) is 1.85. The Morgan fingerprint density at radius 3 is 2.52 bits per heavy atom. The molecule has 0 bridgehead atoms. The zero-order chi connectivity index (χ0) is 22.0. The summed E-state index contributed by atoms with van der Waals surface area (Å²) in [6, 6.07) is 9.89. The van der Waals surface area contributed by atoms with Crippen LogP contribution in [-0.2, 0) is 4.79 Å². The number of esters is 1. The maximum Gasteiger partial charge on any atom is 0.344 e. The van der Waals surface area contributed by atoms with Gasteiger partial charge in [-0.3, -0.25) is 14.5 Å². The lowest BCUT2D eigenvalue weighted by Crippen LogP contribution is -2.46. The molecule has 8 nitrogen and oxygen atoms in total. The van der Waals surface area contributed by atoms with E-state index in [4.69, 9.17) is 9.15 Å². The third-order valence-electron chi connectivity index (χ3n) is 5.52. The fraction of sp³-hybridized carbons (Fsp3) is 0.348. The quantitative estimate of drug-likeness (QED) is 0.290. The van der Waals surface area contributed by atoms with Gasteiger partial charge < -0.3 is 19.4 Å². The van der Waals surface area contributed by atoms with Crippen molar-refractivity contribution in [2.24, 2.45) is 0 Å². The Kier molecular flexibility index (Phi) is 6.01. The lowest BCUT2D eigenvalue weighted by atomic mass is 10.0. The van der Waals surface area contributed by atoms with Crippen LogP contribution in [0.1, 0.15) is 17.3 Å². The minimum absolute atomic E-state index is 0.222. The van der Waals surface area contributed by atoms with Crippen LogP contribution in [0.15, 0.2) is 45.6 Å². The molecule has 0 atom stereocenters. The largest absolute Gasteiger partial charge is 0.427 e. The normalized spacial score (nSPS) is 15.3. The van der Waals surface area contributed by atoms with E-state index in [1.165, 1.54) is 13.0 Å². The highest BCUT2D eigenvalue weighted by Gasteiger charge is 2.15. The molecule has 1 aliphatic rings. The Balaban J connectivity index is 1.51. The van der Waals surface area contributed by atoms with Crippen LogP contribution < -0.4 is 15.7 Å². The van der Waals surface area contributed by atoms with Crippen LogP contribution in [0.5, 0.6) is 5.75 Å². The molecule has 0 aliphatic carbocycles. The molecule has 0 unspecified atom stereocenters. The van der Waals surface area contributed by atoms with Crippen LogP contribution in [-0.4, -0.2) is 68.0 Å². The van der Waals surface area contributed by atoms with Crippen molar-refractivity contribution in [2.45, 2.75) is 6.92 Å². The number of nitrogens with one attached hydrogen (secondary N) is 1. The third kappa shape index (κ3) is 4.76. The second-order valence-electron chi connectivity index (χ2n) is 7.80. The Morgan fingerprint density at radius 2 is 1.77 bits per heavy atom. The fourth-order valence-electron chi connectivity index (χ4n) is 3.78. The molecule has 3 aromatic rings. The van der Waals surface area contributed by atoms with Gasteiger partial charge in [0, 0.05) is 63.2 Å². The summed E-state index contributed by atoms with van der Waals surface area (Å²) in [5.74, 6) is -0.370. The zero-order valence-corrected chi connectivity index (χ0v) is 17.6. The van der Waals surface area contributed by atoms with E-state index in [1.807, 2.05) is 0 Å². The number of likely N-dealkylation sites (N-methyl/N-ethyl adjacent to an activating group) is 1. The van der Waals surface area contributed by atoms with E-state index < -0.39 is 11.6 Å². The first-order valence-electron chi connectivity index (χ1n) is 10.3. The molecular weight excluding hydrogens is 398 g/mol. The number of ether oxygens (including phenoxy) is 1. The molecule has 1 amide bonds. The molecule has 0 saturated carbocycles. The second kappa shape index (κ2) is 8.87. The lowest BCUT2D eigenvalue weighted by Gasteiger charge is -2.32. The van der Waals surface area contributed by atoms with Crippen LogP contribution in [0.3, 0.4) is 0 Å². The predicted molar refractivity (Wildman–Crippen MR) is 118 cm³/mol. The average molecular weight is 423 g/mol. The number of carbonyl (C=O) groups excluding carboxylic acids is 2. The van der Waals surface area contributed by atoms with Gasteiger partial charge in [0.1, 0.15) is 11.3 Å². The summed E-state index contributed by atoms with van der Waals surface area (Å²) in [6.45, 7) is 6.70. The van der Waals surface area contributed by atoms with Gasteiger partial charge in [-0.1, -0.05) is 6.07 Å². The van der Waals surface area contributed by atoms with Crippen molar-refractivity contribution in [3.05, 3.63) is 52.4 Å². The summed E-state index contributed by atoms with van der Waals surface area (Å²) >= 11 is 0. The van der Waals surface area contributed by atoms with Crippen molar-refractivity contribution >= 4 is 33.6 Å². The van der Waals surface area contributed by atoms with Gasteiger partial charge in [-0.25, -0.2) is 4.79 Å². The van der Waals surface area contributed by atoms with Crippen LogP contribution in [0.2, 0.25) is 0 Å². The molecule has 1 N–H and O–H groups in total. The minimum atomic E-state index is -0.547. The molecular formula is C23H25N3O5. The SMILES string of the molecule is CC(=O)Oc1ccc2c(c1)oc(=O)c1cc(C(=O)NCCN3CCN(C)CC3)ccc12. The van der Waals surface area contributed by atoms with Gasteiger partial charge in [0.05, 0.1) is 5.39 Å². The maximum absolute atomic E-state index is 12.6. The van der Waals surface area contributed by atoms with Crippen LogP contribution in [0.4, 0.5) is 0 Å². The summed E-state index contributed by atoms with van der Waals surface area (Å²) in [6.07, 6.45) is 0. The van der Waals surface area contributed by atoms with Crippen molar-refractivity contribution in [3.8, 4) is 5.75 Å². The summed E-state index contributed by atoms with van der Waals surface area (Å²) < 4.78 is 10.5. The number of fused-ring (bicyclic) bond motifs is 3. The molecule has 1 aromatic heterocycles. The molecule has 0 radical (unpaired) electrons. The Labute approximate surface area is 179 Å². The number of benzene rings is 2. The molecule has 2 aromatic carbocycles. The molecule has 4 rings (SSSR count). The number of rotatable bonds is 5. The van der Waals surface area contributed by atoms with Crippen molar-refractivity contribution < 1.29 is 18.7 Å². The van der Waals surface area contributed by atoms with E-state index in [1.54, 1.807) is 30.3 Å². The molecule has 1 aliphatic heterocycles. The highest BCUT2D eigenvalue weighted by molar-refractivity contribution is 6.07. The summed E-state index contributed by atoms with van der Waals surface area (Å²) in [4.78, 5) is 40.9. The van der Waals surface area contributed by atoms with Gasteiger partial charge in [-0.2, -0.15) is 0 Å². The Hall–Kier alpha value is -3.23. The molecule has 1 fully saturated rings. The topological polar surface area (TPSA) is 92.1 Å². The third-order valence-corrected chi connectivity index (χ3v) is 5.52. The van der Waals surface area contributed by atoms with Gasteiger partial charge in [-0.05, 0) is 36.7 Å². The Morgan fingerprint density at radius 1 is 1.03 bits per heavy atom. The molecule has 31 heavy (non-hydrogen) atoms. The molecule has 1 saturated heterocycles. The van der Waals surface area contributed by atoms with Crippen molar-refractivity contribution in [1.29, 1.82) is 0 Å². The first kappa shape index (κ1) is 21.0. The van der Waals surface area contributed by atoms with E-state index in [-0.39, 0.29) is 5.91 Å². The van der Waals surface area contributed by atoms with Crippen molar-refractivity contribution in [1.82, 2.24) is 15.1 Å². The summed E-state index contributed by atoms with van der Waals surface area (Å²) in [5.41, 5.74) is 0.184. The number of hydrogen-bond acceptors (Lipinski definition) is 7. The second-order valence-corrected chi connectivity index (χ2v) is 7.80. The van der Waals surface area contributed by atoms with Crippen LogP contribution >= 0.6 is 0 Å². The highest BCUT2D eigenvalue weighted by Crippen LogP contribution is 2.27. The number of nitrogens with zero attached hydrogens (tertiary/aromatic N) is 2.